The van der Waals surface area contributed by atoms with Crippen LogP contribution in [0.3, 0.4) is 0 Å². The number of aryl methyl sites for hydroxylation is 1. The molecule has 0 atom stereocenters. The predicted octanol–water partition coefficient (Wildman–Crippen LogP) is 0.807. The van der Waals surface area contributed by atoms with E-state index in [0.29, 0.717) is 11.6 Å². The second kappa shape index (κ2) is 4.65. The molecular formula is C11H13N5O. The van der Waals surface area contributed by atoms with Crippen molar-refractivity contribution in [2.24, 2.45) is 0 Å². The van der Waals surface area contributed by atoms with Crippen molar-refractivity contribution in [2.45, 2.75) is 13.5 Å². The Hall–Kier alpha value is -2.37. The molecule has 0 aliphatic rings. The number of nitrogen functional groups attached to an aromatic ring is 1. The molecule has 0 aliphatic heterocycles. The maximum absolute atomic E-state index is 11.6. The molecule has 17 heavy (non-hydrogen) atoms. The van der Waals surface area contributed by atoms with Crippen LogP contribution in [0.5, 0.6) is 0 Å². The van der Waals surface area contributed by atoms with Crippen LogP contribution in [0.4, 0.5) is 11.6 Å². The highest BCUT2D eigenvalue weighted by molar-refractivity contribution is 5.89. The van der Waals surface area contributed by atoms with Crippen LogP contribution in [0.1, 0.15) is 5.56 Å². The second-order valence-electron chi connectivity index (χ2n) is 3.70. The van der Waals surface area contributed by atoms with Gasteiger partial charge in [-0.15, -0.1) is 0 Å². The largest absolute Gasteiger partial charge is 0.382 e. The normalized spacial score (nSPS) is 10.2. The van der Waals surface area contributed by atoms with Crippen molar-refractivity contribution in [3.05, 3.63) is 36.2 Å². The molecule has 3 N–H and O–H groups in total. The van der Waals surface area contributed by atoms with Gasteiger partial charge in [0.15, 0.2) is 0 Å². The number of amides is 1. The first kappa shape index (κ1) is 11.1. The van der Waals surface area contributed by atoms with Crippen LogP contribution in [-0.2, 0) is 11.3 Å². The highest BCUT2D eigenvalue weighted by Crippen LogP contribution is 2.05. The fourth-order valence-corrected chi connectivity index (χ4v) is 1.40. The van der Waals surface area contributed by atoms with Gasteiger partial charge in [0.1, 0.15) is 18.2 Å². The zero-order valence-corrected chi connectivity index (χ0v) is 9.42. The molecule has 0 aromatic carbocycles. The first-order valence-corrected chi connectivity index (χ1v) is 5.15. The van der Waals surface area contributed by atoms with E-state index in [1.165, 1.54) is 4.68 Å². The first-order valence-electron chi connectivity index (χ1n) is 5.15. The lowest BCUT2D eigenvalue weighted by Crippen LogP contribution is -2.19. The summed E-state index contributed by atoms with van der Waals surface area (Å²) in [5, 5.41) is 6.61. The van der Waals surface area contributed by atoms with E-state index >= 15 is 0 Å². The van der Waals surface area contributed by atoms with Crippen LogP contribution in [0.15, 0.2) is 30.6 Å². The van der Waals surface area contributed by atoms with Gasteiger partial charge in [-0.3, -0.25) is 9.48 Å². The van der Waals surface area contributed by atoms with Crippen molar-refractivity contribution in [1.82, 2.24) is 14.8 Å². The van der Waals surface area contributed by atoms with Crippen molar-refractivity contribution < 1.29 is 4.79 Å². The summed E-state index contributed by atoms with van der Waals surface area (Å²) >= 11 is 0. The summed E-state index contributed by atoms with van der Waals surface area (Å²) in [6.07, 6.45) is 3.30. The monoisotopic (exact) mass is 231 g/mol. The van der Waals surface area contributed by atoms with Crippen molar-refractivity contribution >= 4 is 17.5 Å². The van der Waals surface area contributed by atoms with Crippen molar-refractivity contribution in [3.63, 3.8) is 0 Å². The van der Waals surface area contributed by atoms with Gasteiger partial charge >= 0.3 is 0 Å². The summed E-state index contributed by atoms with van der Waals surface area (Å²) in [5.41, 5.74) is 6.49. The van der Waals surface area contributed by atoms with Gasteiger partial charge < -0.3 is 11.1 Å². The molecule has 2 heterocycles. The van der Waals surface area contributed by atoms with E-state index in [2.05, 4.69) is 15.4 Å². The maximum atomic E-state index is 11.6. The summed E-state index contributed by atoms with van der Waals surface area (Å²) in [7, 11) is 0. The van der Waals surface area contributed by atoms with Gasteiger partial charge in [-0.25, -0.2) is 4.98 Å². The molecule has 0 radical (unpaired) electrons. The van der Waals surface area contributed by atoms with Crippen molar-refractivity contribution in [3.8, 4) is 0 Å². The van der Waals surface area contributed by atoms with E-state index in [4.69, 9.17) is 5.73 Å². The Morgan fingerprint density at radius 1 is 1.53 bits per heavy atom. The van der Waals surface area contributed by atoms with Gasteiger partial charge in [0, 0.05) is 12.4 Å². The Bertz CT molecular complexity index is 534. The van der Waals surface area contributed by atoms with Crippen LogP contribution in [0, 0.1) is 6.92 Å². The number of nitrogens with two attached hydrogens (primary N) is 1. The summed E-state index contributed by atoms with van der Waals surface area (Å²) in [5.74, 6) is 0.743. The summed E-state index contributed by atoms with van der Waals surface area (Å²) in [6.45, 7) is 2.05. The molecule has 2 aromatic heterocycles. The first-order chi connectivity index (χ1) is 8.13. The summed E-state index contributed by atoms with van der Waals surface area (Å²) < 4.78 is 1.47. The lowest BCUT2D eigenvalue weighted by atomic mass is 10.3. The number of hydrogen-bond donors (Lipinski definition) is 2. The Kier molecular flexibility index (Phi) is 3.04. The number of pyridine rings is 1. The Morgan fingerprint density at radius 2 is 2.35 bits per heavy atom. The van der Waals surface area contributed by atoms with E-state index < -0.39 is 0 Å². The third kappa shape index (κ3) is 3.04. The van der Waals surface area contributed by atoms with Crippen LogP contribution in [-0.4, -0.2) is 20.7 Å². The fraction of sp³-hybridized carbons (Fsp3) is 0.182. The molecule has 6 heteroatoms. The minimum Gasteiger partial charge on any atom is -0.382 e. The molecule has 0 saturated heterocycles. The zero-order chi connectivity index (χ0) is 12.3. The minimum absolute atomic E-state index is 0.118. The molecule has 1 amide bonds. The van der Waals surface area contributed by atoms with E-state index in [-0.39, 0.29) is 12.5 Å². The Morgan fingerprint density at radius 3 is 3.00 bits per heavy atom. The topological polar surface area (TPSA) is 85.8 Å². The van der Waals surface area contributed by atoms with Gasteiger partial charge in [0.25, 0.3) is 0 Å². The lowest BCUT2D eigenvalue weighted by molar-refractivity contribution is -0.116. The molecule has 88 valence electrons. The molecular weight excluding hydrogens is 218 g/mol. The molecule has 2 aromatic rings. The quantitative estimate of drug-likeness (QED) is 0.818. The molecule has 0 spiro atoms. The minimum atomic E-state index is -0.189. The predicted molar refractivity (Wildman–Crippen MR) is 64.2 cm³/mol. The zero-order valence-electron chi connectivity index (χ0n) is 9.42. The van der Waals surface area contributed by atoms with Crippen molar-refractivity contribution in [2.75, 3.05) is 11.1 Å². The van der Waals surface area contributed by atoms with Gasteiger partial charge in [-0.2, -0.15) is 5.10 Å². The van der Waals surface area contributed by atoms with Gasteiger partial charge in [-0.05, 0) is 30.7 Å². The number of aromatic nitrogens is 3. The fourth-order valence-electron chi connectivity index (χ4n) is 1.40. The molecule has 0 bridgehead atoms. The number of nitrogens with zero attached hydrogens (tertiary/aromatic N) is 3. The number of anilines is 2. The second-order valence-corrected chi connectivity index (χ2v) is 3.70. The molecule has 0 aliphatic carbocycles. The molecule has 0 saturated carbocycles. The van der Waals surface area contributed by atoms with Crippen LogP contribution >= 0.6 is 0 Å². The van der Waals surface area contributed by atoms with E-state index in [0.717, 1.165) is 5.56 Å². The molecule has 6 nitrogen and oxygen atoms in total. The van der Waals surface area contributed by atoms with Crippen LogP contribution in [0.25, 0.3) is 0 Å². The highest BCUT2D eigenvalue weighted by atomic mass is 16.2. The van der Waals surface area contributed by atoms with Gasteiger partial charge in [-0.1, -0.05) is 0 Å². The third-order valence-corrected chi connectivity index (χ3v) is 2.15. The average Bonchev–Trinajstić information content (AvgIpc) is 2.63. The third-order valence-electron chi connectivity index (χ3n) is 2.15. The number of rotatable bonds is 3. The molecule has 0 unspecified atom stereocenters. The number of carbonyl (C=O) groups excluding carboxylic acids is 1. The number of nitrogens with one attached hydrogen (secondary N) is 1. The molecule has 0 fully saturated rings. The van der Waals surface area contributed by atoms with E-state index in [1.807, 2.05) is 13.0 Å². The summed E-state index contributed by atoms with van der Waals surface area (Å²) in [4.78, 5) is 15.7. The number of carbonyl (C=O) groups is 1. The Balaban J connectivity index is 1.98. The number of hydrogen-bond acceptors (Lipinski definition) is 4. The van der Waals surface area contributed by atoms with E-state index in [9.17, 15) is 4.79 Å². The van der Waals surface area contributed by atoms with Crippen LogP contribution in [0.2, 0.25) is 0 Å². The average molecular weight is 231 g/mol. The molecule has 2 rings (SSSR count). The van der Waals surface area contributed by atoms with Gasteiger partial charge in [0.2, 0.25) is 5.91 Å². The van der Waals surface area contributed by atoms with Crippen molar-refractivity contribution in [1.29, 1.82) is 0 Å². The van der Waals surface area contributed by atoms with Gasteiger partial charge in [0.05, 0.1) is 0 Å². The summed E-state index contributed by atoms with van der Waals surface area (Å²) in [6, 6.07) is 5.30. The standard InChI is InChI=1S/C11H13N5O/c1-8-2-4-13-10(6-8)14-11(17)7-16-5-3-9(12)15-16/h2-6H,7H2,1H3,(H2,12,15)(H,13,14,17). The smallest absolute Gasteiger partial charge is 0.247 e. The maximum Gasteiger partial charge on any atom is 0.247 e. The lowest BCUT2D eigenvalue weighted by Gasteiger charge is -2.04. The van der Waals surface area contributed by atoms with Crippen LogP contribution < -0.4 is 11.1 Å². The van der Waals surface area contributed by atoms with E-state index in [1.54, 1.807) is 24.5 Å². The SMILES string of the molecule is Cc1ccnc(NC(=O)Cn2ccc(N)n2)c1. The Labute approximate surface area is 98.5 Å². The highest BCUT2D eigenvalue weighted by Gasteiger charge is 2.05.